The van der Waals surface area contributed by atoms with E-state index in [1.165, 1.54) is 0 Å². The molecule has 0 aliphatic heterocycles. The highest BCUT2D eigenvalue weighted by atomic mass is 19.3. The van der Waals surface area contributed by atoms with Crippen LogP contribution in [0, 0.1) is 5.95 Å². The Morgan fingerprint density at radius 3 is 2.57 bits per heavy atom. The van der Waals surface area contributed by atoms with Crippen LogP contribution < -0.4 is 5.73 Å². The average molecular weight is 206 g/mol. The molecule has 0 unspecified atom stereocenters. The van der Waals surface area contributed by atoms with Gasteiger partial charge in [0.15, 0.2) is 0 Å². The van der Waals surface area contributed by atoms with Gasteiger partial charge in [0.1, 0.15) is 5.69 Å². The summed E-state index contributed by atoms with van der Waals surface area (Å²) in [4.78, 5) is 3.04. The van der Waals surface area contributed by atoms with Gasteiger partial charge in [0.2, 0.25) is 5.95 Å². The van der Waals surface area contributed by atoms with Gasteiger partial charge in [0.05, 0.1) is 6.61 Å². The lowest BCUT2D eigenvalue weighted by Gasteiger charge is -2.08. The van der Waals surface area contributed by atoms with Gasteiger partial charge in [-0.15, -0.1) is 0 Å². The summed E-state index contributed by atoms with van der Waals surface area (Å²) in [5, 5.41) is 8.79. The molecular formula is C8H9F3N2O. The zero-order valence-corrected chi connectivity index (χ0v) is 7.17. The van der Waals surface area contributed by atoms with Gasteiger partial charge in [0, 0.05) is 12.1 Å². The highest BCUT2D eigenvalue weighted by molar-refractivity contribution is 5.27. The summed E-state index contributed by atoms with van der Waals surface area (Å²) in [6.45, 7) is -0.718. The second-order valence-electron chi connectivity index (χ2n) is 2.64. The standard InChI is InChI=1S/C8H9F3N2O/c9-7(10)6-1-4(3-14)5(2-12)8(11)13-6/h1,7,14H,2-3,12H2. The third-order valence-corrected chi connectivity index (χ3v) is 1.78. The van der Waals surface area contributed by atoms with Crippen LogP contribution in [0.15, 0.2) is 6.07 Å². The van der Waals surface area contributed by atoms with Gasteiger partial charge in [-0.05, 0) is 11.6 Å². The third-order valence-electron chi connectivity index (χ3n) is 1.78. The van der Waals surface area contributed by atoms with Crippen molar-refractivity contribution in [1.82, 2.24) is 4.98 Å². The Morgan fingerprint density at radius 2 is 2.14 bits per heavy atom. The summed E-state index contributed by atoms with van der Waals surface area (Å²) >= 11 is 0. The fraction of sp³-hybridized carbons (Fsp3) is 0.375. The van der Waals surface area contributed by atoms with E-state index < -0.39 is 24.7 Å². The molecule has 0 fully saturated rings. The van der Waals surface area contributed by atoms with E-state index in [0.29, 0.717) is 0 Å². The lowest BCUT2D eigenvalue weighted by molar-refractivity contribution is 0.144. The van der Waals surface area contributed by atoms with Gasteiger partial charge in [-0.3, -0.25) is 0 Å². The molecule has 6 heteroatoms. The zero-order chi connectivity index (χ0) is 10.7. The molecule has 3 N–H and O–H groups in total. The van der Waals surface area contributed by atoms with Gasteiger partial charge in [-0.25, -0.2) is 13.8 Å². The quantitative estimate of drug-likeness (QED) is 0.728. The maximum atomic E-state index is 13.0. The minimum atomic E-state index is -2.86. The number of rotatable bonds is 3. The zero-order valence-electron chi connectivity index (χ0n) is 7.17. The molecule has 1 rings (SSSR count). The van der Waals surface area contributed by atoms with E-state index in [4.69, 9.17) is 10.8 Å². The summed E-state index contributed by atoms with van der Waals surface area (Å²) in [6.07, 6.45) is -2.86. The fourth-order valence-corrected chi connectivity index (χ4v) is 1.08. The van der Waals surface area contributed by atoms with E-state index in [1.807, 2.05) is 0 Å². The van der Waals surface area contributed by atoms with Crippen LogP contribution in [0.3, 0.4) is 0 Å². The van der Waals surface area contributed by atoms with Crippen LogP contribution in [0.1, 0.15) is 23.2 Å². The number of pyridine rings is 1. The van der Waals surface area contributed by atoms with Crippen LogP contribution in [-0.4, -0.2) is 10.1 Å². The predicted octanol–water partition coefficient (Wildman–Crippen LogP) is 1.11. The van der Waals surface area contributed by atoms with Gasteiger partial charge >= 0.3 is 0 Å². The van der Waals surface area contributed by atoms with Crippen molar-refractivity contribution in [3.63, 3.8) is 0 Å². The van der Waals surface area contributed by atoms with Crippen molar-refractivity contribution < 1.29 is 18.3 Å². The van der Waals surface area contributed by atoms with Crippen molar-refractivity contribution in [2.45, 2.75) is 19.6 Å². The largest absolute Gasteiger partial charge is 0.392 e. The Hall–Kier alpha value is -1.14. The van der Waals surface area contributed by atoms with Crippen molar-refractivity contribution in [3.8, 4) is 0 Å². The predicted molar refractivity (Wildman–Crippen MR) is 43.0 cm³/mol. The summed E-state index contributed by atoms with van der Waals surface area (Å²) in [6, 6.07) is 0.954. The van der Waals surface area contributed by atoms with E-state index in [0.717, 1.165) is 6.07 Å². The summed E-state index contributed by atoms with van der Waals surface area (Å²) in [5.41, 5.74) is 4.50. The maximum absolute atomic E-state index is 13.0. The Kier molecular flexibility index (Phi) is 3.43. The molecule has 0 aromatic carbocycles. The molecule has 1 aromatic rings. The number of nitrogens with two attached hydrogens (primary N) is 1. The van der Waals surface area contributed by atoms with Crippen LogP contribution in [0.5, 0.6) is 0 Å². The molecule has 3 nitrogen and oxygen atoms in total. The summed E-state index contributed by atoms with van der Waals surface area (Å²) in [7, 11) is 0. The SMILES string of the molecule is NCc1c(CO)cc(C(F)F)nc1F. The first-order valence-electron chi connectivity index (χ1n) is 3.87. The molecule has 1 aromatic heterocycles. The van der Waals surface area contributed by atoms with Crippen molar-refractivity contribution in [2.24, 2.45) is 5.73 Å². The normalized spacial score (nSPS) is 11.0. The Labute approximate surface area is 78.4 Å². The van der Waals surface area contributed by atoms with Gasteiger partial charge in [0.25, 0.3) is 6.43 Å². The average Bonchev–Trinajstić information content (AvgIpc) is 2.16. The molecular weight excluding hydrogens is 197 g/mol. The molecule has 0 spiro atoms. The third kappa shape index (κ3) is 2.02. The molecule has 0 radical (unpaired) electrons. The highest BCUT2D eigenvalue weighted by Crippen LogP contribution is 2.21. The number of aromatic nitrogens is 1. The number of aliphatic hydroxyl groups is 1. The molecule has 0 saturated heterocycles. The number of nitrogens with zero attached hydrogens (tertiary/aromatic N) is 1. The maximum Gasteiger partial charge on any atom is 0.280 e. The molecule has 0 amide bonds. The second kappa shape index (κ2) is 4.39. The van der Waals surface area contributed by atoms with E-state index in [2.05, 4.69) is 4.98 Å². The number of hydrogen-bond acceptors (Lipinski definition) is 3. The van der Waals surface area contributed by atoms with Crippen molar-refractivity contribution in [2.75, 3.05) is 0 Å². The molecule has 0 bridgehead atoms. The first-order chi connectivity index (χ1) is 6.60. The Bertz CT molecular complexity index is 331. The van der Waals surface area contributed by atoms with E-state index in [9.17, 15) is 13.2 Å². The lowest BCUT2D eigenvalue weighted by atomic mass is 10.1. The van der Waals surface area contributed by atoms with Crippen LogP contribution in [-0.2, 0) is 13.2 Å². The molecule has 0 atom stereocenters. The van der Waals surface area contributed by atoms with Crippen LogP contribution >= 0.6 is 0 Å². The molecule has 14 heavy (non-hydrogen) atoms. The van der Waals surface area contributed by atoms with Crippen LogP contribution in [0.2, 0.25) is 0 Å². The van der Waals surface area contributed by atoms with Crippen LogP contribution in [0.25, 0.3) is 0 Å². The molecule has 1 heterocycles. The molecule has 0 aliphatic rings. The second-order valence-corrected chi connectivity index (χ2v) is 2.64. The summed E-state index contributed by atoms with van der Waals surface area (Å²) < 4.78 is 37.3. The van der Waals surface area contributed by atoms with Crippen molar-refractivity contribution in [3.05, 3.63) is 28.8 Å². The Balaban J connectivity index is 3.24. The molecule has 0 saturated carbocycles. The summed E-state index contributed by atoms with van der Waals surface area (Å²) in [5.74, 6) is -1.05. The lowest BCUT2D eigenvalue weighted by Crippen LogP contribution is -2.09. The minimum absolute atomic E-state index is 0.0306. The highest BCUT2D eigenvalue weighted by Gasteiger charge is 2.16. The van der Waals surface area contributed by atoms with Crippen molar-refractivity contribution >= 4 is 0 Å². The van der Waals surface area contributed by atoms with Crippen LogP contribution in [0.4, 0.5) is 13.2 Å². The van der Waals surface area contributed by atoms with Gasteiger partial charge in [-0.2, -0.15) is 4.39 Å². The topological polar surface area (TPSA) is 59.1 Å². The number of halogens is 3. The first-order valence-corrected chi connectivity index (χ1v) is 3.87. The van der Waals surface area contributed by atoms with E-state index in [-0.39, 0.29) is 17.7 Å². The van der Waals surface area contributed by atoms with E-state index >= 15 is 0 Å². The first kappa shape index (κ1) is 10.9. The minimum Gasteiger partial charge on any atom is -0.392 e. The Morgan fingerprint density at radius 1 is 1.50 bits per heavy atom. The molecule has 0 aliphatic carbocycles. The monoisotopic (exact) mass is 206 g/mol. The fourth-order valence-electron chi connectivity index (χ4n) is 1.08. The van der Waals surface area contributed by atoms with E-state index in [1.54, 1.807) is 0 Å². The number of aliphatic hydroxyl groups excluding tert-OH is 1. The smallest absolute Gasteiger partial charge is 0.280 e. The van der Waals surface area contributed by atoms with Gasteiger partial charge in [-0.1, -0.05) is 0 Å². The number of alkyl halides is 2. The number of hydrogen-bond donors (Lipinski definition) is 2. The van der Waals surface area contributed by atoms with Gasteiger partial charge < -0.3 is 10.8 Å². The van der Waals surface area contributed by atoms with Crippen molar-refractivity contribution in [1.29, 1.82) is 0 Å². The molecule has 78 valence electrons.